The van der Waals surface area contributed by atoms with Gasteiger partial charge in [-0.05, 0) is 43.9 Å². The number of rotatable bonds is 5. The minimum atomic E-state index is -0.0662. The fourth-order valence-electron chi connectivity index (χ4n) is 3.27. The lowest BCUT2D eigenvalue weighted by molar-refractivity contribution is -0.121. The quantitative estimate of drug-likeness (QED) is 0.876. The Morgan fingerprint density at radius 3 is 2.91 bits per heavy atom. The van der Waals surface area contributed by atoms with E-state index >= 15 is 0 Å². The molecule has 2 bridgehead atoms. The third kappa shape index (κ3) is 2.93. The maximum absolute atomic E-state index is 12.5. The van der Waals surface area contributed by atoms with Crippen LogP contribution in [0.4, 0.5) is 11.4 Å². The number of ether oxygens (including phenoxy) is 1. The summed E-state index contributed by atoms with van der Waals surface area (Å²) in [5.41, 5.74) is 2.08. The second-order valence-corrected chi connectivity index (χ2v) is 6.00. The second-order valence-electron chi connectivity index (χ2n) is 6.00. The fourth-order valence-corrected chi connectivity index (χ4v) is 3.27. The van der Waals surface area contributed by atoms with E-state index in [9.17, 15) is 4.79 Å². The van der Waals surface area contributed by atoms with Gasteiger partial charge in [0.25, 0.3) is 0 Å². The van der Waals surface area contributed by atoms with Crippen molar-refractivity contribution in [3.63, 3.8) is 0 Å². The van der Waals surface area contributed by atoms with Crippen LogP contribution in [0.2, 0.25) is 0 Å². The highest BCUT2D eigenvalue weighted by atomic mass is 16.5. The van der Waals surface area contributed by atoms with Gasteiger partial charge < -0.3 is 15.4 Å². The van der Waals surface area contributed by atoms with E-state index in [1.165, 1.54) is 0 Å². The molecule has 2 heterocycles. The molecule has 2 saturated heterocycles. The first-order valence-corrected chi connectivity index (χ1v) is 7.95. The van der Waals surface area contributed by atoms with E-state index in [-0.39, 0.29) is 24.0 Å². The summed E-state index contributed by atoms with van der Waals surface area (Å²) in [4.78, 5) is 12.5. The summed E-state index contributed by atoms with van der Waals surface area (Å²) in [6.45, 7) is 2.91. The molecule has 0 aromatic heterocycles. The molecule has 1 aromatic rings. The smallest absolute Gasteiger partial charge is 0.230 e. The molecule has 0 spiro atoms. The van der Waals surface area contributed by atoms with Gasteiger partial charge in [-0.15, -0.1) is 0 Å². The Balaban J connectivity index is 1.75. The normalized spacial score (nSPS) is 25.7. The number of hydrogen-bond donors (Lipinski definition) is 2. The Hall–Kier alpha value is -2.06. The first-order chi connectivity index (χ1) is 10.7. The average molecular weight is 299 g/mol. The standard InChI is InChI=1S/C17H21N3O2/c1-2-7-19-14-5-3-11(10-18)8-15(14)20-17(21)13-9-12-4-6-16(13)22-12/h3,5,8,12-13,16,19H,2,4,6-7,9H2,1H3,(H,20,21)/t12-,13-,16-/m1/s1. The fraction of sp³-hybridized carbons (Fsp3) is 0.529. The molecule has 2 fully saturated rings. The molecule has 1 aromatic carbocycles. The molecule has 0 aliphatic carbocycles. The van der Waals surface area contributed by atoms with Crippen LogP contribution in [0.3, 0.4) is 0 Å². The van der Waals surface area contributed by atoms with Crippen LogP contribution in [0.15, 0.2) is 18.2 Å². The SMILES string of the molecule is CCCNc1ccc(C#N)cc1NC(=O)[C@@H]1C[C@H]2CC[C@H]1O2. The van der Waals surface area contributed by atoms with E-state index < -0.39 is 0 Å². The Labute approximate surface area is 130 Å². The van der Waals surface area contributed by atoms with Crippen molar-refractivity contribution < 1.29 is 9.53 Å². The van der Waals surface area contributed by atoms with Gasteiger partial charge in [0.1, 0.15) is 0 Å². The van der Waals surface area contributed by atoms with E-state index in [0.29, 0.717) is 11.3 Å². The van der Waals surface area contributed by atoms with Crippen molar-refractivity contribution in [3.05, 3.63) is 23.8 Å². The van der Waals surface area contributed by atoms with Crippen molar-refractivity contribution in [1.29, 1.82) is 5.26 Å². The first kappa shape index (κ1) is 14.9. The van der Waals surface area contributed by atoms with Crippen LogP contribution in [0.5, 0.6) is 0 Å². The highest BCUT2D eigenvalue weighted by Gasteiger charge is 2.44. The molecule has 2 aliphatic rings. The molecule has 0 radical (unpaired) electrons. The topological polar surface area (TPSA) is 74.2 Å². The van der Waals surface area contributed by atoms with E-state index in [0.717, 1.165) is 37.9 Å². The minimum absolute atomic E-state index is 0.00170. The van der Waals surface area contributed by atoms with Gasteiger partial charge in [-0.25, -0.2) is 0 Å². The number of carbonyl (C=O) groups excluding carboxylic acids is 1. The number of amides is 1. The molecule has 22 heavy (non-hydrogen) atoms. The van der Waals surface area contributed by atoms with Gasteiger partial charge in [-0.3, -0.25) is 4.79 Å². The van der Waals surface area contributed by atoms with Crippen LogP contribution in [0.1, 0.15) is 38.2 Å². The zero-order valence-electron chi connectivity index (χ0n) is 12.8. The predicted octanol–water partition coefficient (Wildman–Crippen LogP) is 2.89. The van der Waals surface area contributed by atoms with Crippen molar-refractivity contribution in [1.82, 2.24) is 0 Å². The summed E-state index contributed by atoms with van der Waals surface area (Å²) >= 11 is 0. The van der Waals surface area contributed by atoms with Gasteiger partial charge in [0, 0.05) is 6.54 Å². The first-order valence-electron chi connectivity index (χ1n) is 7.95. The van der Waals surface area contributed by atoms with Crippen molar-refractivity contribution in [2.24, 2.45) is 5.92 Å². The molecule has 5 heteroatoms. The highest BCUT2D eigenvalue weighted by Crippen LogP contribution is 2.39. The number of nitriles is 1. The van der Waals surface area contributed by atoms with Crippen LogP contribution < -0.4 is 10.6 Å². The summed E-state index contributed by atoms with van der Waals surface area (Å²) in [5.74, 6) is -0.0645. The minimum Gasteiger partial charge on any atom is -0.383 e. The van der Waals surface area contributed by atoms with Crippen LogP contribution in [-0.4, -0.2) is 24.7 Å². The van der Waals surface area contributed by atoms with Gasteiger partial charge in [-0.1, -0.05) is 6.92 Å². The van der Waals surface area contributed by atoms with Crippen LogP contribution in [-0.2, 0) is 9.53 Å². The van der Waals surface area contributed by atoms with Crippen molar-refractivity contribution >= 4 is 17.3 Å². The number of fused-ring (bicyclic) bond motifs is 2. The van der Waals surface area contributed by atoms with Crippen LogP contribution in [0.25, 0.3) is 0 Å². The van der Waals surface area contributed by atoms with Crippen molar-refractivity contribution in [3.8, 4) is 6.07 Å². The number of carbonyl (C=O) groups is 1. The summed E-state index contributed by atoms with van der Waals surface area (Å²) < 4.78 is 5.75. The number of benzene rings is 1. The van der Waals surface area contributed by atoms with Gasteiger partial charge in [0.05, 0.1) is 41.1 Å². The van der Waals surface area contributed by atoms with Gasteiger partial charge >= 0.3 is 0 Å². The number of anilines is 2. The molecule has 116 valence electrons. The maximum atomic E-state index is 12.5. The molecule has 2 aliphatic heterocycles. The molecule has 3 rings (SSSR count). The van der Waals surface area contributed by atoms with E-state index in [1.54, 1.807) is 12.1 Å². The molecular formula is C17H21N3O2. The monoisotopic (exact) mass is 299 g/mol. The molecule has 3 atom stereocenters. The molecular weight excluding hydrogens is 278 g/mol. The number of nitrogens with one attached hydrogen (secondary N) is 2. The molecule has 2 N–H and O–H groups in total. The lowest BCUT2D eigenvalue weighted by Crippen LogP contribution is -2.30. The Bertz CT molecular complexity index is 608. The second kappa shape index (κ2) is 6.37. The summed E-state index contributed by atoms with van der Waals surface area (Å²) in [7, 11) is 0. The van der Waals surface area contributed by atoms with E-state index in [2.05, 4.69) is 23.6 Å². The van der Waals surface area contributed by atoms with Crippen LogP contribution >= 0.6 is 0 Å². The maximum Gasteiger partial charge on any atom is 0.230 e. The lowest BCUT2D eigenvalue weighted by Gasteiger charge is -2.19. The number of hydrogen-bond acceptors (Lipinski definition) is 4. The molecule has 0 saturated carbocycles. The average Bonchev–Trinajstić information content (AvgIpc) is 3.16. The summed E-state index contributed by atoms with van der Waals surface area (Å²) in [5, 5.41) is 15.3. The predicted molar refractivity (Wildman–Crippen MR) is 84.6 cm³/mol. The van der Waals surface area contributed by atoms with Crippen molar-refractivity contribution in [2.75, 3.05) is 17.2 Å². The zero-order chi connectivity index (χ0) is 15.5. The lowest BCUT2D eigenvalue weighted by atomic mass is 9.88. The molecule has 1 amide bonds. The van der Waals surface area contributed by atoms with Gasteiger partial charge in [0.2, 0.25) is 5.91 Å². The van der Waals surface area contributed by atoms with Crippen molar-refractivity contribution in [2.45, 2.75) is 44.8 Å². The number of nitrogens with zero attached hydrogens (tertiary/aromatic N) is 1. The Kier molecular flexibility index (Phi) is 4.30. The largest absolute Gasteiger partial charge is 0.383 e. The van der Waals surface area contributed by atoms with E-state index in [1.807, 2.05) is 6.07 Å². The Morgan fingerprint density at radius 2 is 2.27 bits per heavy atom. The third-order valence-electron chi connectivity index (χ3n) is 4.41. The van der Waals surface area contributed by atoms with Gasteiger partial charge in [-0.2, -0.15) is 5.26 Å². The summed E-state index contributed by atoms with van der Waals surface area (Å²) in [6, 6.07) is 7.45. The molecule has 5 nitrogen and oxygen atoms in total. The van der Waals surface area contributed by atoms with E-state index in [4.69, 9.17) is 10.00 Å². The third-order valence-corrected chi connectivity index (χ3v) is 4.41. The van der Waals surface area contributed by atoms with Gasteiger partial charge in [0.15, 0.2) is 0 Å². The highest BCUT2D eigenvalue weighted by molar-refractivity contribution is 5.96. The summed E-state index contributed by atoms with van der Waals surface area (Å²) in [6.07, 6.45) is 4.17. The van der Waals surface area contributed by atoms with Crippen LogP contribution in [0, 0.1) is 17.2 Å². The molecule has 0 unspecified atom stereocenters. The Morgan fingerprint density at radius 1 is 1.41 bits per heavy atom. The zero-order valence-corrected chi connectivity index (χ0v) is 12.8.